The van der Waals surface area contributed by atoms with Gasteiger partial charge in [-0.2, -0.15) is 0 Å². The lowest BCUT2D eigenvalue weighted by atomic mass is 10.1. The van der Waals surface area contributed by atoms with Gasteiger partial charge >= 0.3 is 0 Å². The summed E-state index contributed by atoms with van der Waals surface area (Å²) in [5.74, 6) is -0.0708. The van der Waals surface area contributed by atoms with E-state index in [4.69, 9.17) is 0 Å². The quantitative estimate of drug-likeness (QED) is 0.654. The van der Waals surface area contributed by atoms with Crippen LogP contribution >= 0.6 is 11.8 Å². The molecule has 0 aliphatic carbocycles. The minimum atomic E-state index is -3.88. The van der Waals surface area contributed by atoms with Gasteiger partial charge in [-0.15, -0.1) is 11.8 Å². The van der Waals surface area contributed by atoms with Crippen LogP contribution < -0.4 is 9.62 Å². The molecule has 5 nitrogen and oxygen atoms in total. The Balaban J connectivity index is 2.39. The molecule has 0 aromatic heterocycles. The molecule has 0 saturated heterocycles. The number of aryl methyl sites for hydroxylation is 1. The minimum absolute atomic E-state index is 0.0454. The average molecular weight is 421 g/mol. The zero-order valence-electron chi connectivity index (χ0n) is 17.0. The van der Waals surface area contributed by atoms with E-state index in [9.17, 15) is 13.2 Å². The van der Waals surface area contributed by atoms with Crippen LogP contribution in [0.5, 0.6) is 0 Å². The van der Waals surface area contributed by atoms with Crippen molar-refractivity contribution >= 4 is 33.4 Å². The number of carbonyl (C=O) groups excluding carboxylic acids is 1. The van der Waals surface area contributed by atoms with Crippen LogP contribution in [0.2, 0.25) is 0 Å². The Labute approximate surface area is 172 Å². The molecule has 0 aliphatic rings. The van der Waals surface area contributed by atoms with Crippen molar-refractivity contribution in [3.8, 4) is 0 Å². The van der Waals surface area contributed by atoms with Gasteiger partial charge in [0.25, 0.3) is 10.0 Å². The summed E-state index contributed by atoms with van der Waals surface area (Å²) in [6.07, 6.45) is 1.93. The predicted octanol–water partition coefficient (Wildman–Crippen LogP) is 4.07. The van der Waals surface area contributed by atoms with Crippen LogP contribution in [0.1, 0.15) is 26.3 Å². The van der Waals surface area contributed by atoms with E-state index in [1.165, 1.54) is 4.31 Å². The monoisotopic (exact) mass is 420 g/mol. The van der Waals surface area contributed by atoms with Gasteiger partial charge in [-0.3, -0.25) is 9.10 Å². The summed E-state index contributed by atoms with van der Waals surface area (Å²) in [6, 6.07) is 13.8. The third-order valence-corrected chi connectivity index (χ3v) is 7.18. The smallest absolute Gasteiger partial charge is 0.264 e. The Morgan fingerprint density at radius 1 is 1.04 bits per heavy atom. The first kappa shape index (κ1) is 22.3. The maximum Gasteiger partial charge on any atom is 0.264 e. The third kappa shape index (κ3) is 5.52. The number of thioether (sulfide) groups is 1. The van der Waals surface area contributed by atoms with Gasteiger partial charge in [0, 0.05) is 10.9 Å². The van der Waals surface area contributed by atoms with Crippen molar-refractivity contribution in [1.82, 2.24) is 5.32 Å². The average Bonchev–Trinajstić information content (AvgIpc) is 2.66. The number of benzene rings is 2. The summed E-state index contributed by atoms with van der Waals surface area (Å²) in [5, 5.41) is 2.88. The van der Waals surface area contributed by atoms with Crippen LogP contribution in [0.25, 0.3) is 0 Å². The number of carbonyl (C=O) groups is 1. The molecule has 1 atom stereocenters. The van der Waals surface area contributed by atoms with E-state index in [1.54, 1.807) is 48.2 Å². The number of nitrogens with one attached hydrogen (secondary N) is 1. The van der Waals surface area contributed by atoms with Gasteiger partial charge in [0.15, 0.2) is 0 Å². The normalized spacial score (nSPS) is 12.6. The molecule has 0 fully saturated rings. The maximum atomic E-state index is 13.3. The second-order valence-corrected chi connectivity index (χ2v) is 9.86. The van der Waals surface area contributed by atoms with Crippen molar-refractivity contribution in [3.05, 3.63) is 54.1 Å². The molecule has 0 heterocycles. The van der Waals surface area contributed by atoms with Gasteiger partial charge in [0.1, 0.15) is 6.54 Å². The number of nitrogens with zero attached hydrogens (tertiary/aromatic N) is 1. The zero-order chi connectivity index (χ0) is 20.9. The lowest BCUT2D eigenvalue weighted by Gasteiger charge is -2.26. The molecule has 2 aromatic carbocycles. The van der Waals surface area contributed by atoms with E-state index < -0.39 is 10.0 Å². The number of rotatable bonds is 8. The molecular formula is C21H28N2O3S2. The molecule has 2 aromatic rings. The molecule has 28 heavy (non-hydrogen) atoms. The SMILES string of the molecule is CSc1ccc(S(=O)(=O)N(CC(=O)N[C@H](C)C(C)C)c2ccc(C)cc2)cc1. The van der Waals surface area contributed by atoms with Crippen LogP contribution in [-0.2, 0) is 14.8 Å². The molecule has 152 valence electrons. The van der Waals surface area contributed by atoms with Gasteiger partial charge < -0.3 is 5.32 Å². The minimum Gasteiger partial charge on any atom is -0.352 e. The number of amides is 1. The first-order valence-electron chi connectivity index (χ1n) is 9.18. The lowest BCUT2D eigenvalue weighted by molar-refractivity contribution is -0.120. The van der Waals surface area contributed by atoms with E-state index in [0.29, 0.717) is 5.69 Å². The van der Waals surface area contributed by atoms with Crippen molar-refractivity contribution < 1.29 is 13.2 Å². The highest BCUT2D eigenvalue weighted by Gasteiger charge is 2.27. The Morgan fingerprint density at radius 3 is 2.11 bits per heavy atom. The Morgan fingerprint density at radius 2 is 1.61 bits per heavy atom. The molecular weight excluding hydrogens is 392 g/mol. The van der Waals surface area contributed by atoms with E-state index >= 15 is 0 Å². The summed E-state index contributed by atoms with van der Waals surface area (Å²) >= 11 is 1.54. The number of sulfonamides is 1. The second kappa shape index (κ2) is 9.47. The van der Waals surface area contributed by atoms with Crippen LogP contribution in [-0.4, -0.2) is 33.2 Å². The Bertz CT molecular complexity index is 892. The maximum absolute atomic E-state index is 13.3. The molecule has 0 saturated carbocycles. The first-order valence-corrected chi connectivity index (χ1v) is 11.8. The largest absolute Gasteiger partial charge is 0.352 e. The lowest BCUT2D eigenvalue weighted by Crippen LogP contribution is -2.45. The molecule has 0 bridgehead atoms. The van der Waals surface area contributed by atoms with Crippen molar-refractivity contribution in [2.24, 2.45) is 5.92 Å². The summed E-state index contributed by atoms with van der Waals surface area (Å²) in [5.41, 5.74) is 1.48. The van der Waals surface area contributed by atoms with Crippen LogP contribution in [0.4, 0.5) is 5.69 Å². The highest BCUT2D eigenvalue weighted by atomic mass is 32.2. The summed E-state index contributed by atoms with van der Waals surface area (Å²) in [6.45, 7) is 7.58. The van der Waals surface area contributed by atoms with E-state index in [2.05, 4.69) is 5.32 Å². The molecule has 0 aliphatic heterocycles. The van der Waals surface area contributed by atoms with E-state index in [-0.39, 0.29) is 29.3 Å². The van der Waals surface area contributed by atoms with Gasteiger partial charge in [-0.25, -0.2) is 8.42 Å². The van der Waals surface area contributed by atoms with Crippen LogP contribution in [0, 0.1) is 12.8 Å². The van der Waals surface area contributed by atoms with Gasteiger partial charge in [0.2, 0.25) is 5.91 Å². The molecule has 1 amide bonds. The van der Waals surface area contributed by atoms with Gasteiger partial charge in [-0.05, 0) is 62.4 Å². The summed E-state index contributed by atoms with van der Waals surface area (Å²) in [7, 11) is -3.88. The third-order valence-electron chi connectivity index (χ3n) is 4.65. The molecule has 2 rings (SSSR count). The fourth-order valence-corrected chi connectivity index (χ4v) is 4.33. The van der Waals surface area contributed by atoms with Crippen LogP contribution in [0.15, 0.2) is 58.3 Å². The van der Waals surface area contributed by atoms with E-state index in [0.717, 1.165) is 10.5 Å². The number of hydrogen-bond donors (Lipinski definition) is 1. The van der Waals surface area contributed by atoms with Crippen molar-refractivity contribution in [3.63, 3.8) is 0 Å². The molecule has 0 spiro atoms. The highest BCUT2D eigenvalue weighted by molar-refractivity contribution is 7.98. The van der Waals surface area contributed by atoms with Gasteiger partial charge in [0.05, 0.1) is 10.6 Å². The van der Waals surface area contributed by atoms with Crippen molar-refractivity contribution in [1.29, 1.82) is 0 Å². The summed E-state index contributed by atoms with van der Waals surface area (Å²) < 4.78 is 27.8. The van der Waals surface area contributed by atoms with E-state index in [1.807, 2.05) is 46.1 Å². The topological polar surface area (TPSA) is 66.5 Å². The standard InChI is InChI=1S/C21H28N2O3S2/c1-15(2)17(4)22-21(24)14-23(18-8-6-16(3)7-9-18)28(25,26)20-12-10-19(27-5)11-13-20/h6-13,15,17H,14H2,1-5H3,(H,22,24)/t17-/m1/s1. The van der Waals surface area contributed by atoms with Crippen molar-refractivity contribution in [2.75, 3.05) is 17.1 Å². The van der Waals surface area contributed by atoms with Gasteiger partial charge in [-0.1, -0.05) is 31.5 Å². The van der Waals surface area contributed by atoms with Crippen LogP contribution in [0.3, 0.4) is 0 Å². The van der Waals surface area contributed by atoms with Crippen molar-refractivity contribution in [2.45, 2.75) is 43.5 Å². The molecule has 0 unspecified atom stereocenters. The number of anilines is 1. The first-order chi connectivity index (χ1) is 13.1. The Kier molecular flexibility index (Phi) is 7.55. The molecule has 7 heteroatoms. The molecule has 0 radical (unpaired) electrons. The molecule has 1 N–H and O–H groups in total. The second-order valence-electron chi connectivity index (χ2n) is 7.12. The predicted molar refractivity (Wildman–Crippen MR) is 116 cm³/mol. The number of hydrogen-bond acceptors (Lipinski definition) is 4. The fraction of sp³-hybridized carbons (Fsp3) is 0.381. The Hall–Kier alpha value is -1.99. The summed E-state index contributed by atoms with van der Waals surface area (Å²) in [4.78, 5) is 13.7. The zero-order valence-corrected chi connectivity index (χ0v) is 18.6. The highest BCUT2D eigenvalue weighted by Crippen LogP contribution is 2.25. The fourth-order valence-electron chi connectivity index (χ4n) is 2.50.